The van der Waals surface area contributed by atoms with Gasteiger partial charge in [-0.3, -0.25) is 0 Å². The summed E-state index contributed by atoms with van der Waals surface area (Å²) >= 11 is 0. The number of nitrogens with zero attached hydrogens (tertiary/aromatic N) is 2. The van der Waals surface area contributed by atoms with Gasteiger partial charge in [-0.05, 0) is 31.4 Å². The molecule has 0 radical (unpaired) electrons. The third-order valence-electron chi connectivity index (χ3n) is 3.95. The summed E-state index contributed by atoms with van der Waals surface area (Å²) < 4.78 is 0. The largest absolute Gasteiger partial charge is 0.368 e. The normalized spacial score (nSPS) is 10.9. The van der Waals surface area contributed by atoms with E-state index in [2.05, 4.69) is 78.7 Å². The zero-order chi connectivity index (χ0) is 15.5. The van der Waals surface area contributed by atoms with Crippen molar-refractivity contribution in [2.75, 3.05) is 11.9 Å². The topological polar surface area (TPSA) is 37.8 Å². The van der Waals surface area contributed by atoms with Gasteiger partial charge in [0.05, 0.1) is 0 Å². The number of hydrogen-bond donors (Lipinski definition) is 1. The summed E-state index contributed by atoms with van der Waals surface area (Å²) in [5, 5.41) is 14.6. The van der Waals surface area contributed by atoms with Gasteiger partial charge in [0, 0.05) is 22.9 Å². The molecule has 1 heterocycles. The molecule has 2 aromatic carbocycles. The molecule has 0 aliphatic carbocycles. The SMILES string of the molecule is CCCNc1nnc(-c2c(C)cccc2C)c2ccccc12. The minimum absolute atomic E-state index is 0.868. The van der Waals surface area contributed by atoms with Crippen LogP contribution in [-0.4, -0.2) is 16.7 Å². The van der Waals surface area contributed by atoms with E-state index in [1.54, 1.807) is 0 Å². The second-order valence-electron chi connectivity index (χ2n) is 5.64. The number of aromatic nitrogens is 2. The van der Waals surface area contributed by atoms with Crippen molar-refractivity contribution in [3.63, 3.8) is 0 Å². The summed E-state index contributed by atoms with van der Waals surface area (Å²) in [6, 6.07) is 14.7. The number of anilines is 1. The van der Waals surface area contributed by atoms with E-state index in [9.17, 15) is 0 Å². The first kappa shape index (κ1) is 14.5. The van der Waals surface area contributed by atoms with Crippen molar-refractivity contribution in [1.82, 2.24) is 10.2 Å². The summed E-state index contributed by atoms with van der Waals surface area (Å²) in [7, 11) is 0. The van der Waals surface area contributed by atoms with Crippen molar-refractivity contribution in [1.29, 1.82) is 0 Å². The number of hydrogen-bond acceptors (Lipinski definition) is 3. The molecule has 0 saturated heterocycles. The minimum Gasteiger partial charge on any atom is -0.368 e. The van der Waals surface area contributed by atoms with Crippen molar-refractivity contribution in [2.45, 2.75) is 27.2 Å². The van der Waals surface area contributed by atoms with Crippen LogP contribution < -0.4 is 5.32 Å². The highest BCUT2D eigenvalue weighted by molar-refractivity contribution is 6.00. The molecule has 0 aliphatic rings. The van der Waals surface area contributed by atoms with Crippen LogP contribution in [0, 0.1) is 13.8 Å². The molecular formula is C19H21N3. The van der Waals surface area contributed by atoms with Crippen molar-refractivity contribution in [3.8, 4) is 11.3 Å². The molecule has 3 nitrogen and oxygen atoms in total. The predicted octanol–water partition coefficient (Wildman–Crippen LogP) is 4.74. The number of nitrogens with one attached hydrogen (secondary N) is 1. The Kier molecular flexibility index (Phi) is 4.05. The molecule has 112 valence electrons. The first-order valence-electron chi connectivity index (χ1n) is 7.78. The van der Waals surface area contributed by atoms with Gasteiger partial charge in [0.1, 0.15) is 5.69 Å². The summed E-state index contributed by atoms with van der Waals surface area (Å²) in [6.07, 6.45) is 1.06. The first-order chi connectivity index (χ1) is 10.7. The summed E-state index contributed by atoms with van der Waals surface area (Å²) in [6.45, 7) is 7.30. The van der Waals surface area contributed by atoms with Gasteiger partial charge in [0.25, 0.3) is 0 Å². The van der Waals surface area contributed by atoms with Gasteiger partial charge in [-0.2, -0.15) is 0 Å². The highest BCUT2D eigenvalue weighted by Crippen LogP contribution is 2.33. The van der Waals surface area contributed by atoms with E-state index >= 15 is 0 Å². The van der Waals surface area contributed by atoms with Crippen molar-refractivity contribution in [3.05, 3.63) is 53.6 Å². The Bertz CT molecular complexity index is 789. The molecule has 0 fully saturated rings. The van der Waals surface area contributed by atoms with Gasteiger partial charge in [0.2, 0.25) is 0 Å². The lowest BCUT2D eigenvalue weighted by Crippen LogP contribution is -2.05. The molecule has 1 N–H and O–H groups in total. The zero-order valence-electron chi connectivity index (χ0n) is 13.4. The van der Waals surface area contributed by atoms with Crippen LogP contribution in [0.3, 0.4) is 0 Å². The smallest absolute Gasteiger partial charge is 0.156 e. The molecule has 0 aliphatic heterocycles. The Labute approximate surface area is 131 Å². The second kappa shape index (κ2) is 6.14. The van der Waals surface area contributed by atoms with Crippen molar-refractivity contribution in [2.24, 2.45) is 0 Å². The lowest BCUT2D eigenvalue weighted by Gasteiger charge is -2.13. The number of benzene rings is 2. The summed E-state index contributed by atoms with van der Waals surface area (Å²) in [5.41, 5.74) is 4.61. The summed E-state index contributed by atoms with van der Waals surface area (Å²) in [5.74, 6) is 0.868. The maximum absolute atomic E-state index is 4.54. The van der Waals surface area contributed by atoms with Crippen LogP contribution >= 0.6 is 0 Å². The molecule has 0 unspecified atom stereocenters. The van der Waals surface area contributed by atoms with Crippen LogP contribution in [0.15, 0.2) is 42.5 Å². The maximum Gasteiger partial charge on any atom is 0.156 e. The Morgan fingerprint density at radius 2 is 1.55 bits per heavy atom. The number of rotatable bonds is 4. The third-order valence-corrected chi connectivity index (χ3v) is 3.95. The van der Waals surface area contributed by atoms with Crippen molar-refractivity contribution < 1.29 is 0 Å². The molecule has 3 heteroatoms. The van der Waals surface area contributed by atoms with Crippen LogP contribution in [-0.2, 0) is 0 Å². The van der Waals surface area contributed by atoms with Crippen LogP contribution in [0.2, 0.25) is 0 Å². The number of aryl methyl sites for hydroxylation is 2. The molecule has 1 aromatic heterocycles. The van der Waals surface area contributed by atoms with Gasteiger partial charge in [0.15, 0.2) is 5.82 Å². The second-order valence-corrected chi connectivity index (χ2v) is 5.64. The van der Waals surface area contributed by atoms with Gasteiger partial charge < -0.3 is 5.32 Å². The minimum atomic E-state index is 0.868. The average molecular weight is 291 g/mol. The maximum atomic E-state index is 4.54. The predicted molar refractivity (Wildman–Crippen MR) is 93.2 cm³/mol. The Morgan fingerprint density at radius 3 is 2.23 bits per heavy atom. The van der Waals surface area contributed by atoms with Crippen LogP contribution in [0.25, 0.3) is 22.0 Å². The van der Waals surface area contributed by atoms with E-state index in [4.69, 9.17) is 0 Å². The fourth-order valence-electron chi connectivity index (χ4n) is 2.85. The molecule has 3 aromatic rings. The van der Waals surface area contributed by atoms with Crippen molar-refractivity contribution >= 4 is 16.6 Å². The fourth-order valence-corrected chi connectivity index (χ4v) is 2.85. The van der Waals surface area contributed by atoms with Gasteiger partial charge in [-0.15, -0.1) is 10.2 Å². The lowest BCUT2D eigenvalue weighted by molar-refractivity contribution is 0.952. The van der Waals surface area contributed by atoms with Gasteiger partial charge >= 0.3 is 0 Å². The van der Waals surface area contributed by atoms with E-state index in [-0.39, 0.29) is 0 Å². The highest BCUT2D eigenvalue weighted by Gasteiger charge is 2.13. The fraction of sp³-hybridized carbons (Fsp3) is 0.263. The first-order valence-corrected chi connectivity index (χ1v) is 7.78. The molecule has 0 amide bonds. The zero-order valence-corrected chi connectivity index (χ0v) is 13.4. The van der Waals surface area contributed by atoms with Gasteiger partial charge in [-0.1, -0.05) is 49.4 Å². The molecule has 0 bridgehead atoms. The molecule has 0 spiro atoms. The van der Waals surface area contributed by atoms with Crippen LogP contribution in [0.1, 0.15) is 24.5 Å². The highest BCUT2D eigenvalue weighted by atomic mass is 15.2. The number of fused-ring (bicyclic) bond motifs is 1. The molecular weight excluding hydrogens is 270 g/mol. The Balaban J connectivity index is 2.24. The quantitative estimate of drug-likeness (QED) is 0.754. The lowest BCUT2D eigenvalue weighted by atomic mass is 9.96. The average Bonchev–Trinajstić information content (AvgIpc) is 2.53. The van der Waals surface area contributed by atoms with Crippen LogP contribution in [0.4, 0.5) is 5.82 Å². The molecule has 0 atom stereocenters. The van der Waals surface area contributed by atoms with Crippen LogP contribution in [0.5, 0.6) is 0 Å². The molecule has 3 rings (SSSR count). The van der Waals surface area contributed by atoms with E-state index in [1.165, 1.54) is 16.7 Å². The molecule has 0 saturated carbocycles. The molecule has 22 heavy (non-hydrogen) atoms. The van der Waals surface area contributed by atoms with E-state index < -0.39 is 0 Å². The van der Waals surface area contributed by atoms with E-state index in [0.717, 1.165) is 35.2 Å². The van der Waals surface area contributed by atoms with E-state index in [1.807, 2.05) is 0 Å². The Morgan fingerprint density at radius 1 is 0.864 bits per heavy atom. The Hall–Kier alpha value is -2.42. The standard InChI is InChI=1S/C19H21N3/c1-4-12-20-19-16-11-6-5-10-15(16)18(21-22-19)17-13(2)8-7-9-14(17)3/h5-11H,4,12H2,1-3H3,(H,20,22). The monoisotopic (exact) mass is 291 g/mol. The van der Waals surface area contributed by atoms with E-state index in [0.29, 0.717) is 0 Å². The third kappa shape index (κ3) is 2.54. The van der Waals surface area contributed by atoms with Gasteiger partial charge in [-0.25, -0.2) is 0 Å². The summed E-state index contributed by atoms with van der Waals surface area (Å²) in [4.78, 5) is 0.